The van der Waals surface area contributed by atoms with Crippen LogP contribution in [0, 0.1) is 0 Å². The number of anilines is 1. The number of carbonyl (C=O) groups excluding carboxylic acids is 1. The van der Waals surface area contributed by atoms with Gasteiger partial charge in [0.05, 0.1) is 17.4 Å². The van der Waals surface area contributed by atoms with Crippen LogP contribution in [0.4, 0.5) is 18.9 Å². The molecular formula is C10H12F3N3O. The van der Waals surface area contributed by atoms with Crippen molar-refractivity contribution in [2.45, 2.75) is 13.1 Å². The number of aromatic nitrogens is 1. The highest BCUT2D eigenvalue weighted by atomic mass is 19.4. The lowest BCUT2D eigenvalue weighted by atomic mass is 10.2. The number of rotatable bonds is 4. The molecule has 17 heavy (non-hydrogen) atoms. The first-order valence-electron chi connectivity index (χ1n) is 4.97. The minimum Gasteiger partial charge on any atom is -0.383 e. The Hall–Kier alpha value is -1.79. The maximum Gasteiger partial charge on any atom is 0.405 e. The Bertz CT molecular complexity index is 393. The largest absolute Gasteiger partial charge is 0.405 e. The van der Waals surface area contributed by atoms with E-state index < -0.39 is 18.6 Å². The van der Waals surface area contributed by atoms with E-state index in [4.69, 9.17) is 0 Å². The Kier molecular flexibility index (Phi) is 4.30. The first kappa shape index (κ1) is 13.3. The van der Waals surface area contributed by atoms with Crippen molar-refractivity contribution in [3.63, 3.8) is 0 Å². The van der Waals surface area contributed by atoms with E-state index in [1.165, 1.54) is 18.5 Å². The lowest BCUT2D eigenvalue weighted by molar-refractivity contribution is -0.123. The van der Waals surface area contributed by atoms with Gasteiger partial charge in [-0.05, 0) is 13.0 Å². The summed E-state index contributed by atoms with van der Waals surface area (Å²) in [6, 6.07) is 1.36. The summed E-state index contributed by atoms with van der Waals surface area (Å²) in [6.07, 6.45) is -1.67. The van der Waals surface area contributed by atoms with Gasteiger partial charge in [-0.2, -0.15) is 13.2 Å². The third kappa shape index (κ3) is 4.29. The number of nitrogens with one attached hydrogen (secondary N) is 2. The van der Waals surface area contributed by atoms with Crippen molar-refractivity contribution in [3.05, 3.63) is 24.0 Å². The molecule has 0 aliphatic heterocycles. The summed E-state index contributed by atoms with van der Waals surface area (Å²) < 4.78 is 35.8. The van der Waals surface area contributed by atoms with Gasteiger partial charge in [-0.1, -0.05) is 0 Å². The molecule has 0 bridgehead atoms. The Morgan fingerprint density at radius 3 is 2.76 bits per heavy atom. The summed E-state index contributed by atoms with van der Waals surface area (Å²) in [4.78, 5) is 15.3. The van der Waals surface area contributed by atoms with Crippen molar-refractivity contribution in [2.75, 3.05) is 18.4 Å². The zero-order valence-corrected chi connectivity index (χ0v) is 9.14. The van der Waals surface area contributed by atoms with Gasteiger partial charge < -0.3 is 10.6 Å². The molecule has 0 saturated heterocycles. The molecule has 0 aliphatic carbocycles. The first-order valence-corrected chi connectivity index (χ1v) is 4.97. The second-order valence-electron chi connectivity index (χ2n) is 3.25. The average Bonchev–Trinajstić information content (AvgIpc) is 2.26. The second-order valence-corrected chi connectivity index (χ2v) is 3.25. The van der Waals surface area contributed by atoms with E-state index in [1.54, 1.807) is 5.32 Å². The van der Waals surface area contributed by atoms with Gasteiger partial charge in [-0.15, -0.1) is 0 Å². The summed E-state index contributed by atoms with van der Waals surface area (Å²) in [7, 11) is 0. The highest BCUT2D eigenvalue weighted by molar-refractivity contribution is 5.99. The molecule has 94 valence electrons. The highest BCUT2D eigenvalue weighted by Gasteiger charge is 2.28. The lowest BCUT2D eigenvalue weighted by Gasteiger charge is -2.11. The zero-order chi connectivity index (χ0) is 12.9. The molecule has 0 aliphatic rings. The summed E-state index contributed by atoms with van der Waals surface area (Å²) >= 11 is 0. The number of carbonyl (C=O) groups is 1. The Balaban J connectivity index is 2.74. The minimum atomic E-state index is -4.42. The molecule has 1 amide bonds. The SMILES string of the molecule is CCNc1cnccc1C(=O)NCC(F)(F)F. The van der Waals surface area contributed by atoms with Crippen LogP contribution in [0.3, 0.4) is 0 Å². The van der Waals surface area contributed by atoms with Crippen LogP contribution < -0.4 is 10.6 Å². The predicted octanol–water partition coefficient (Wildman–Crippen LogP) is 1.81. The van der Waals surface area contributed by atoms with Gasteiger partial charge in [0.25, 0.3) is 5.91 Å². The first-order chi connectivity index (χ1) is 7.94. The van der Waals surface area contributed by atoms with Gasteiger partial charge in [-0.25, -0.2) is 0 Å². The molecule has 4 nitrogen and oxygen atoms in total. The smallest absolute Gasteiger partial charge is 0.383 e. The molecule has 0 radical (unpaired) electrons. The monoisotopic (exact) mass is 247 g/mol. The van der Waals surface area contributed by atoms with E-state index in [0.717, 1.165) is 0 Å². The van der Waals surface area contributed by atoms with E-state index in [1.807, 2.05) is 6.92 Å². The van der Waals surface area contributed by atoms with Crippen molar-refractivity contribution in [1.82, 2.24) is 10.3 Å². The van der Waals surface area contributed by atoms with E-state index in [9.17, 15) is 18.0 Å². The van der Waals surface area contributed by atoms with Crippen molar-refractivity contribution < 1.29 is 18.0 Å². The third-order valence-corrected chi connectivity index (χ3v) is 1.88. The van der Waals surface area contributed by atoms with Crippen LogP contribution in [0.25, 0.3) is 0 Å². The number of amides is 1. The van der Waals surface area contributed by atoms with Crippen LogP contribution >= 0.6 is 0 Å². The van der Waals surface area contributed by atoms with Gasteiger partial charge in [0.15, 0.2) is 0 Å². The zero-order valence-electron chi connectivity index (χ0n) is 9.14. The van der Waals surface area contributed by atoms with Crippen LogP contribution in [0.15, 0.2) is 18.5 Å². The maximum atomic E-state index is 11.9. The summed E-state index contributed by atoms with van der Waals surface area (Å²) in [6.45, 7) is 1.01. The highest BCUT2D eigenvalue weighted by Crippen LogP contribution is 2.15. The van der Waals surface area contributed by atoms with Gasteiger partial charge in [0.1, 0.15) is 6.54 Å². The van der Waals surface area contributed by atoms with Gasteiger partial charge in [-0.3, -0.25) is 9.78 Å². The number of alkyl halides is 3. The summed E-state index contributed by atoms with van der Waals surface area (Å²) in [5.74, 6) is -0.777. The van der Waals surface area contributed by atoms with Crippen molar-refractivity contribution in [2.24, 2.45) is 0 Å². The average molecular weight is 247 g/mol. The van der Waals surface area contributed by atoms with Crippen molar-refractivity contribution in [1.29, 1.82) is 0 Å². The molecule has 0 saturated carbocycles. The minimum absolute atomic E-state index is 0.145. The van der Waals surface area contributed by atoms with E-state index >= 15 is 0 Å². The Morgan fingerprint density at radius 2 is 2.18 bits per heavy atom. The van der Waals surface area contributed by atoms with Gasteiger partial charge >= 0.3 is 6.18 Å². The van der Waals surface area contributed by atoms with E-state index in [2.05, 4.69) is 10.3 Å². The van der Waals surface area contributed by atoms with Crippen molar-refractivity contribution >= 4 is 11.6 Å². The Labute approximate surface area is 96.2 Å². The van der Waals surface area contributed by atoms with Gasteiger partial charge in [0, 0.05) is 12.7 Å². The molecule has 0 fully saturated rings. The number of nitrogens with zero attached hydrogens (tertiary/aromatic N) is 1. The molecule has 0 spiro atoms. The van der Waals surface area contributed by atoms with E-state index in [0.29, 0.717) is 12.2 Å². The molecule has 2 N–H and O–H groups in total. The topological polar surface area (TPSA) is 54.0 Å². The van der Waals surface area contributed by atoms with Crippen LogP contribution in [-0.2, 0) is 0 Å². The molecule has 1 aromatic heterocycles. The lowest BCUT2D eigenvalue weighted by Crippen LogP contribution is -2.34. The van der Waals surface area contributed by atoms with Crippen LogP contribution in [0.1, 0.15) is 17.3 Å². The standard InChI is InChI=1S/C10H12F3N3O/c1-2-15-8-5-14-4-3-7(8)9(17)16-6-10(11,12)13/h3-5,15H,2,6H2,1H3,(H,16,17). The summed E-state index contributed by atoms with van der Waals surface area (Å²) in [5.41, 5.74) is 0.556. The molecule has 7 heteroatoms. The fraction of sp³-hybridized carbons (Fsp3) is 0.400. The quantitative estimate of drug-likeness (QED) is 0.853. The second kappa shape index (κ2) is 5.51. The molecule has 0 aromatic carbocycles. The predicted molar refractivity (Wildman–Crippen MR) is 56.8 cm³/mol. The fourth-order valence-corrected chi connectivity index (χ4v) is 1.20. The number of halogens is 3. The molecule has 0 unspecified atom stereocenters. The number of hydrogen-bond acceptors (Lipinski definition) is 3. The summed E-state index contributed by atoms with van der Waals surface area (Å²) in [5, 5.41) is 4.66. The molecule has 0 atom stereocenters. The molecule has 1 rings (SSSR count). The van der Waals surface area contributed by atoms with Crippen LogP contribution in [-0.4, -0.2) is 30.2 Å². The van der Waals surface area contributed by atoms with E-state index in [-0.39, 0.29) is 5.56 Å². The number of hydrogen-bond donors (Lipinski definition) is 2. The van der Waals surface area contributed by atoms with Gasteiger partial charge in [0.2, 0.25) is 0 Å². The normalized spacial score (nSPS) is 11.1. The Morgan fingerprint density at radius 1 is 1.47 bits per heavy atom. The molecule has 1 heterocycles. The van der Waals surface area contributed by atoms with Crippen molar-refractivity contribution in [3.8, 4) is 0 Å². The number of pyridine rings is 1. The van der Waals surface area contributed by atoms with Crippen LogP contribution in [0.5, 0.6) is 0 Å². The molecular weight excluding hydrogens is 235 g/mol. The fourth-order valence-electron chi connectivity index (χ4n) is 1.20. The maximum absolute atomic E-state index is 11.9. The third-order valence-electron chi connectivity index (χ3n) is 1.88. The molecule has 1 aromatic rings. The van der Waals surface area contributed by atoms with Crippen LogP contribution in [0.2, 0.25) is 0 Å².